The normalized spacial score (nSPS) is 10.5. The third kappa shape index (κ3) is 1.62. The van der Waals surface area contributed by atoms with E-state index in [-0.39, 0.29) is 12.4 Å². The van der Waals surface area contributed by atoms with Crippen molar-refractivity contribution in [3.8, 4) is 5.75 Å². The van der Waals surface area contributed by atoms with Crippen molar-refractivity contribution in [2.75, 3.05) is 0 Å². The zero-order valence-corrected chi connectivity index (χ0v) is 8.87. The number of aromatic hydroxyl groups is 1. The number of phenolic OH excluding ortho intramolecular Hbond substituents is 1. The average Bonchev–Trinajstić information content (AvgIpc) is 2.13. The molecular weight excluding hydrogens is 211 g/mol. The number of hydrogen-bond donors (Lipinski definition) is 2. The lowest BCUT2D eigenvalue weighted by atomic mass is 10.1. The minimum Gasteiger partial charge on any atom is -0.507 e. The van der Waals surface area contributed by atoms with Gasteiger partial charge < -0.3 is 10.2 Å². The molecule has 0 spiro atoms. The fourth-order valence-electron chi connectivity index (χ4n) is 1.18. The first-order valence-corrected chi connectivity index (χ1v) is 4.53. The van der Waals surface area contributed by atoms with Gasteiger partial charge in [-0.05, 0) is 13.8 Å². The molecule has 0 bridgehead atoms. The maximum atomic E-state index is 9.54. The van der Waals surface area contributed by atoms with Crippen LogP contribution in [0.5, 0.6) is 5.75 Å². The summed E-state index contributed by atoms with van der Waals surface area (Å²) in [7, 11) is 0. The Labute approximate surface area is 86.7 Å². The zero-order chi connectivity index (χ0) is 10.2. The van der Waals surface area contributed by atoms with E-state index < -0.39 is 0 Å². The summed E-state index contributed by atoms with van der Waals surface area (Å²) < 4.78 is 0. The molecule has 0 heterocycles. The topological polar surface area (TPSA) is 40.5 Å². The van der Waals surface area contributed by atoms with Gasteiger partial charge in [-0.1, -0.05) is 23.2 Å². The summed E-state index contributed by atoms with van der Waals surface area (Å²) in [5.41, 5.74) is 1.57. The van der Waals surface area contributed by atoms with Crippen molar-refractivity contribution in [1.29, 1.82) is 0 Å². The van der Waals surface area contributed by atoms with Crippen molar-refractivity contribution in [3.63, 3.8) is 0 Å². The van der Waals surface area contributed by atoms with Crippen LogP contribution < -0.4 is 0 Å². The molecule has 0 atom stereocenters. The SMILES string of the molecule is Cc1c(O)c(C)c(Cl)c(CO)c1Cl. The molecule has 0 aliphatic carbocycles. The van der Waals surface area contributed by atoms with Gasteiger partial charge in [0.25, 0.3) is 0 Å². The van der Waals surface area contributed by atoms with Crippen molar-refractivity contribution in [3.05, 3.63) is 26.7 Å². The number of rotatable bonds is 1. The lowest BCUT2D eigenvalue weighted by Crippen LogP contribution is -1.94. The van der Waals surface area contributed by atoms with E-state index in [1.165, 1.54) is 0 Å². The van der Waals surface area contributed by atoms with Crippen LogP contribution in [0.3, 0.4) is 0 Å². The van der Waals surface area contributed by atoms with Crippen LogP contribution in [0, 0.1) is 13.8 Å². The van der Waals surface area contributed by atoms with Crippen molar-refractivity contribution in [2.24, 2.45) is 0 Å². The van der Waals surface area contributed by atoms with Gasteiger partial charge in [0.2, 0.25) is 0 Å². The third-order valence-electron chi connectivity index (χ3n) is 2.06. The molecule has 1 rings (SSSR count). The van der Waals surface area contributed by atoms with Gasteiger partial charge in [-0.25, -0.2) is 0 Å². The summed E-state index contributed by atoms with van der Waals surface area (Å²) in [5, 5.41) is 19.2. The molecule has 0 saturated heterocycles. The van der Waals surface area contributed by atoms with Crippen molar-refractivity contribution in [1.82, 2.24) is 0 Å². The van der Waals surface area contributed by atoms with Crippen molar-refractivity contribution in [2.45, 2.75) is 20.5 Å². The molecule has 0 amide bonds. The molecule has 13 heavy (non-hydrogen) atoms. The third-order valence-corrected chi connectivity index (χ3v) is 3.08. The Morgan fingerprint density at radius 1 is 1.08 bits per heavy atom. The van der Waals surface area contributed by atoms with Crippen LogP contribution in [0.1, 0.15) is 16.7 Å². The zero-order valence-electron chi connectivity index (χ0n) is 7.36. The number of hydrogen-bond acceptors (Lipinski definition) is 2. The molecule has 0 aliphatic heterocycles. The minimum atomic E-state index is -0.223. The molecule has 0 aliphatic rings. The molecule has 0 fully saturated rings. The summed E-state index contributed by atoms with van der Waals surface area (Å²) in [5.74, 6) is 0.0900. The first kappa shape index (κ1) is 10.6. The maximum absolute atomic E-state index is 9.54. The van der Waals surface area contributed by atoms with E-state index in [4.69, 9.17) is 28.3 Å². The Hall–Kier alpha value is -0.440. The molecule has 0 saturated carbocycles. The molecule has 2 N–H and O–H groups in total. The molecule has 2 nitrogen and oxygen atoms in total. The smallest absolute Gasteiger partial charge is 0.124 e. The summed E-state index contributed by atoms with van der Waals surface area (Å²) in [6.45, 7) is 3.14. The van der Waals surface area contributed by atoms with E-state index >= 15 is 0 Å². The molecule has 0 unspecified atom stereocenters. The second-order valence-corrected chi connectivity index (χ2v) is 3.62. The number of benzene rings is 1. The summed E-state index contributed by atoms with van der Waals surface area (Å²) >= 11 is 11.7. The largest absolute Gasteiger partial charge is 0.507 e. The van der Waals surface area contributed by atoms with Gasteiger partial charge in [0.1, 0.15) is 5.75 Å². The summed E-state index contributed by atoms with van der Waals surface area (Å²) in [6.07, 6.45) is 0. The van der Waals surface area contributed by atoms with Crippen LogP contribution >= 0.6 is 23.2 Å². The lowest BCUT2D eigenvalue weighted by Gasteiger charge is -2.12. The summed E-state index contributed by atoms with van der Waals surface area (Å²) in [6, 6.07) is 0. The van der Waals surface area contributed by atoms with Gasteiger partial charge in [-0.2, -0.15) is 0 Å². The highest BCUT2D eigenvalue weighted by Gasteiger charge is 2.15. The van der Waals surface area contributed by atoms with Crippen LogP contribution in [0.25, 0.3) is 0 Å². The minimum absolute atomic E-state index is 0.0900. The standard InChI is InChI=1S/C9H10Cl2O2/c1-4-7(10)6(3-12)8(11)5(2)9(4)13/h12-13H,3H2,1-2H3. The van der Waals surface area contributed by atoms with E-state index in [9.17, 15) is 5.11 Å². The Morgan fingerprint density at radius 3 is 1.77 bits per heavy atom. The van der Waals surface area contributed by atoms with Gasteiger partial charge in [-0.15, -0.1) is 0 Å². The van der Waals surface area contributed by atoms with Gasteiger partial charge >= 0.3 is 0 Å². The second-order valence-electron chi connectivity index (χ2n) is 2.86. The van der Waals surface area contributed by atoms with Crippen LogP contribution in [-0.2, 0) is 6.61 Å². The number of halogens is 2. The second kappa shape index (κ2) is 3.74. The quantitative estimate of drug-likeness (QED) is 0.765. The van der Waals surface area contributed by atoms with Gasteiger partial charge in [0, 0.05) is 16.7 Å². The molecule has 1 aromatic rings. The highest BCUT2D eigenvalue weighted by molar-refractivity contribution is 6.37. The monoisotopic (exact) mass is 220 g/mol. The average molecular weight is 221 g/mol. The Balaban J connectivity index is 3.56. The first-order valence-electron chi connectivity index (χ1n) is 3.77. The lowest BCUT2D eigenvalue weighted by molar-refractivity contribution is 0.281. The Morgan fingerprint density at radius 2 is 1.46 bits per heavy atom. The highest BCUT2D eigenvalue weighted by Crippen LogP contribution is 2.38. The first-order chi connectivity index (χ1) is 6.00. The van der Waals surface area contributed by atoms with Gasteiger partial charge in [-0.3, -0.25) is 0 Å². The number of aliphatic hydroxyl groups is 1. The summed E-state index contributed by atoms with van der Waals surface area (Å²) in [4.78, 5) is 0. The number of aliphatic hydroxyl groups excluding tert-OH is 1. The molecule has 1 aromatic carbocycles. The Kier molecular flexibility index (Phi) is 3.06. The fraction of sp³-hybridized carbons (Fsp3) is 0.333. The molecule has 0 radical (unpaired) electrons. The molecule has 72 valence electrons. The van der Waals surface area contributed by atoms with E-state index in [1.54, 1.807) is 13.8 Å². The van der Waals surface area contributed by atoms with E-state index in [0.29, 0.717) is 26.7 Å². The van der Waals surface area contributed by atoms with Gasteiger partial charge in [0.05, 0.1) is 16.7 Å². The van der Waals surface area contributed by atoms with Crippen LogP contribution in [0.2, 0.25) is 10.0 Å². The maximum Gasteiger partial charge on any atom is 0.124 e. The Bertz CT molecular complexity index is 319. The molecular formula is C9H10Cl2O2. The van der Waals surface area contributed by atoms with E-state index in [1.807, 2.05) is 0 Å². The van der Waals surface area contributed by atoms with Crippen molar-refractivity contribution >= 4 is 23.2 Å². The van der Waals surface area contributed by atoms with E-state index in [2.05, 4.69) is 0 Å². The highest BCUT2D eigenvalue weighted by atomic mass is 35.5. The van der Waals surface area contributed by atoms with Crippen LogP contribution in [0.15, 0.2) is 0 Å². The number of phenols is 1. The van der Waals surface area contributed by atoms with Gasteiger partial charge in [0.15, 0.2) is 0 Å². The predicted molar refractivity (Wildman–Crippen MR) is 53.5 cm³/mol. The van der Waals surface area contributed by atoms with E-state index in [0.717, 1.165) is 0 Å². The molecule has 0 aromatic heterocycles. The van der Waals surface area contributed by atoms with Crippen LogP contribution in [0.4, 0.5) is 0 Å². The predicted octanol–water partition coefficient (Wildman–Crippen LogP) is 2.81. The molecule has 4 heteroatoms. The van der Waals surface area contributed by atoms with Crippen molar-refractivity contribution < 1.29 is 10.2 Å². The fourth-order valence-corrected chi connectivity index (χ4v) is 1.71. The van der Waals surface area contributed by atoms with Crippen LogP contribution in [-0.4, -0.2) is 10.2 Å².